The average molecular weight is 406 g/mol. The third-order valence-corrected chi connectivity index (χ3v) is 6.12. The van der Waals surface area contributed by atoms with Gasteiger partial charge in [0.05, 0.1) is 11.4 Å². The number of anilines is 2. The van der Waals surface area contributed by atoms with Gasteiger partial charge in [-0.25, -0.2) is 8.78 Å². The van der Waals surface area contributed by atoms with Crippen molar-refractivity contribution in [2.45, 2.75) is 72.1 Å². The number of halogens is 2. The number of alkyl halides is 1. The molecule has 0 radical (unpaired) electrons. The summed E-state index contributed by atoms with van der Waals surface area (Å²) >= 11 is 0. The molecule has 1 aliphatic heterocycles. The highest BCUT2D eigenvalue weighted by atomic mass is 19.1. The Balaban J connectivity index is 1.64. The molecule has 1 unspecified atom stereocenters. The van der Waals surface area contributed by atoms with E-state index in [1.54, 1.807) is 24.8 Å². The Labute approximate surface area is 169 Å². The molecule has 3 aliphatic carbocycles. The molecule has 5 rings (SSSR count). The number of nitrogens with zero attached hydrogens (tertiary/aromatic N) is 1. The summed E-state index contributed by atoms with van der Waals surface area (Å²) in [5.74, 6) is -1.24. The molecule has 2 amide bonds. The average Bonchev–Trinajstić information content (AvgIpc) is 2.52. The minimum absolute atomic E-state index is 0.0321. The van der Waals surface area contributed by atoms with E-state index in [-0.39, 0.29) is 40.5 Å². The van der Waals surface area contributed by atoms with Crippen molar-refractivity contribution in [1.29, 1.82) is 0 Å². The standard InChI is InChI=1S/C22H28F2N2O3/c1-12-6-14-18(16(23)17(12)25-15(27)7-20(3,4)5)29-13(2)19(28)26(14)11-21-8-22(24,9-21)10-21/h6,13H,7-11H2,1-5H3,(H,25,27). The van der Waals surface area contributed by atoms with Crippen molar-refractivity contribution in [2.24, 2.45) is 10.8 Å². The number of benzene rings is 1. The van der Waals surface area contributed by atoms with Crippen LogP contribution in [-0.2, 0) is 9.59 Å². The molecule has 0 aromatic heterocycles. The Morgan fingerprint density at radius 3 is 2.52 bits per heavy atom. The summed E-state index contributed by atoms with van der Waals surface area (Å²) in [6.07, 6.45) is 0.771. The Kier molecular flexibility index (Phi) is 4.27. The topological polar surface area (TPSA) is 58.6 Å². The molecule has 4 aliphatic rings. The maximum Gasteiger partial charge on any atom is 0.267 e. The zero-order chi connectivity index (χ0) is 21.4. The predicted octanol–water partition coefficient (Wildman–Crippen LogP) is 4.51. The smallest absolute Gasteiger partial charge is 0.267 e. The van der Waals surface area contributed by atoms with Gasteiger partial charge in [-0.2, -0.15) is 0 Å². The maximum atomic E-state index is 15.3. The van der Waals surface area contributed by atoms with Crippen molar-refractivity contribution < 1.29 is 23.1 Å². The van der Waals surface area contributed by atoms with Gasteiger partial charge in [0.1, 0.15) is 5.67 Å². The molecular formula is C22H28F2N2O3. The number of fused-ring (bicyclic) bond motifs is 1. The van der Waals surface area contributed by atoms with Crippen LogP contribution in [0, 0.1) is 23.6 Å². The Bertz CT molecular complexity index is 887. The number of amides is 2. The number of hydrogen-bond acceptors (Lipinski definition) is 3. The number of rotatable bonds is 4. The summed E-state index contributed by atoms with van der Waals surface area (Å²) in [4.78, 5) is 26.6. The van der Waals surface area contributed by atoms with E-state index in [2.05, 4.69) is 5.32 Å². The summed E-state index contributed by atoms with van der Waals surface area (Å²) in [5, 5.41) is 2.66. The molecule has 0 spiro atoms. The number of carbonyl (C=O) groups excluding carboxylic acids is 2. The Hall–Kier alpha value is -2.18. The fourth-order valence-electron chi connectivity index (χ4n) is 4.97. The lowest BCUT2D eigenvalue weighted by Crippen LogP contribution is -2.69. The lowest BCUT2D eigenvalue weighted by Gasteiger charge is -2.67. The van der Waals surface area contributed by atoms with E-state index in [0.717, 1.165) is 0 Å². The molecule has 1 atom stereocenters. The molecule has 3 fully saturated rings. The van der Waals surface area contributed by atoms with E-state index in [0.29, 0.717) is 37.1 Å². The zero-order valence-electron chi connectivity index (χ0n) is 17.6. The predicted molar refractivity (Wildman–Crippen MR) is 106 cm³/mol. The first kappa shape index (κ1) is 20.1. The van der Waals surface area contributed by atoms with Crippen LogP contribution in [0.25, 0.3) is 0 Å². The summed E-state index contributed by atoms with van der Waals surface area (Å²) < 4.78 is 34.9. The van der Waals surface area contributed by atoms with Crippen molar-refractivity contribution >= 4 is 23.2 Å². The number of aryl methyl sites for hydroxylation is 1. The summed E-state index contributed by atoms with van der Waals surface area (Å²) in [5.41, 5.74) is -0.552. The fraction of sp³-hybridized carbons (Fsp3) is 0.636. The van der Waals surface area contributed by atoms with Crippen LogP contribution in [0.2, 0.25) is 0 Å². The van der Waals surface area contributed by atoms with E-state index < -0.39 is 17.6 Å². The third-order valence-electron chi connectivity index (χ3n) is 6.12. The molecule has 2 bridgehead atoms. The molecule has 1 aromatic rings. The van der Waals surface area contributed by atoms with Crippen LogP contribution in [0.3, 0.4) is 0 Å². The van der Waals surface area contributed by atoms with E-state index in [9.17, 15) is 14.0 Å². The largest absolute Gasteiger partial charge is 0.476 e. The lowest BCUT2D eigenvalue weighted by molar-refractivity contribution is -0.207. The number of ether oxygens (including phenoxy) is 1. The normalized spacial score (nSPS) is 30.1. The summed E-state index contributed by atoms with van der Waals surface area (Å²) in [6.45, 7) is 9.44. The van der Waals surface area contributed by atoms with Gasteiger partial charge in [-0.1, -0.05) is 20.8 Å². The molecule has 5 nitrogen and oxygen atoms in total. The van der Waals surface area contributed by atoms with Gasteiger partial charge in [0, 0.05) is 13.0 Å². The molecule has 1 heterocycles. The number of carbonyl (C=O) groups is 2. The first-order valence-electron chi connectivity index (χ1n) is 10.1. The van der Waals surface area contributed by atoms with Gasteiger partial charge in [-0.05, 0) is 55.6 Å². The molecule has 158 valence electrons. The number of hydrogen-bond donors (Lipinski definition) is 1. The van der Waals surface area contributed by atoms with Crippen LogP contribution in [-0.4, -0.2) is 30.1 Å². The third kappa shape index (κ3) is 3.38. The minimum atomic E-state index is -1.06. The van der Waals surface area contributed by atoms with Gasteiger partial charge >= 0.3 is 0 Å². The monoisotopic (exact) mass is 406 g/mol. The summed E-state index contributed by atoms with van der Waals surface area (Å²) in [6, 6.07) is 1.67. The number of nitrogens with one attached hydrogen (secondary N) is 1. The quantitative estimate of drug-likeness (QED) is 0.800. The van der Waals surface area contributed by atoms with Gasteiger partial charge in [-0.15, -0.1) is 0 Å². The highest BCUT2D eigenvalue weighted by Gasteiger charge is 2.69. The lowest BCUT2D eigenvalue weighted by atomic mass is 9.42. The highest BCUT2D eigenvalue weighted by molar-refractivity contribution is 6.01. The van der Waals surface area contributed by atoms with E-state index in [4.69, 9.17) is 4.74 Å². The van der Waals surface area contributed by atoms with Crippen LogP contribution < -0.4 is 15.0 Å². The Morgan fingerprint density at radius 2 is 1.97 bits per heavy atom. The van der Waals surface area contributed by atoms with Gasteiger partial charge in [-0.3, -0.25) is 9.59 Å². The second-order valence-corrected chi connectivity index (χ2v) is 10.4. The van der Waals surface area contributed by atoms with E-state index >= 15 is 4.39 Å². The molecule has 3 saturated carbocycles. The summed E-state index contributed by atoms with van der Waals surface area (Å²) in [7, 11) is 0. The van der Waals surface area contributed by atoms with Gasteiger partial charge < -0.3 is 15.0 Å². The highest BCUT2D eigenvalue weighted by Crippen LogP contribution is 2.70. The van der Waals surface area contributed by atoms with Gasteiger partial charge in [0.25, 0.3) is 5.91 Å². The van der Waals surface area contributed by atoms with Crippen LogP contribution >= 0.6 is 0 Å². The van der Waals surface area contributed by atoms with E-state index in [1.165, 1.54) is 0 Å². The molecule has 0 saturated heterocycles. The van der Waals surface area contributed by atoms with Crippen molar-refractivity contribution in [2.75, 3.05) is 16.8 Å². The molecular weight excluding hydrogens is 378 g/mol. The van der Waals surface area contributed by atoms with Crippen molar-refractivity contribution in [3.63, 3.8) is 0 Å². The minimum Gasteiger partial charge on any atom is -0.476 e. The first-order valence-corrected chi connectivity index (χ1v) is 10.1. The molecule has 1 aromatic carbocycles. The van der Waals surface area contributed by atoms with Crippen LogP contribution in [0.4, 0.5) is 20.2 Å². The first-order chi connectivity index (χ1) is 13.3. The SMILES string of the molecule is Cc1cc2c(c(F)c1NC(=O)CC(C)(C)C)OC(C)C(=O)N2CC12CC(F)(C1)C2. The van der Waals surface area contributed by atoms with Gasteiger partial charge in [0.2, 0.25) is 5.91 Å². The van der Waals surface area contributed by atoms with Crippen molar-refractivity contribution in [3.8, 4) is 5.75 Å². The second-order valence-electron chi connectivity index (χ2n) is 10.4. The van der Waals surface area contributed by atoms with Gasteiger partial charge in [0.15, 0.2) is 17.7 Å². The van der Waals surface area contributed by atoms with Crippen molar-refractivity contribution in [3.05, 3.63) is 17.4 Å². The molecule has 7 heteroatoms. The van der Waals surface area contributed by atoms with Crippen LogP contribution in [0.1, 0.15) is 58.9 Å². The second kappa shape index (κ2) is 6.16. The maximum absolute atomic E-state index is 15.3. The van der Waals surface area contributed by atoms with Crippen LogP contribution in [0.5, 0.6) is 5.75 Å². The fourth-order valence-corrected chi connectivity index (χ4v) is 4.97. The van der Waals surface area contributed by atoms with Crippen molar-refractivity contribution in [1.82, 2.24) is 0 Å². The molecule has 1 N–H and O–H groups in total. The zero-order valence-corrected chi connectivity index (χ0v) is 17.6. The van der Waals surface area contributed by atoms with E-state index in [1.807, 2.05) is 20.8 Å². The van der Waals surface area contributed by atoms with Crippen LogP contribution in [0.15, 0.2) is 6.07 Å². The molecule has 29 heavy (non-hydrogen) atoms. The Morgan fingerprint density at radius 1 is 1.34 bits per heavy atom.